The molecule has 92 heavy (non-hydrogen) atoms. The second kappa shape index (κ2) is 63.4. The maximum Gasteiger partial charge on any atom is 0.104 e. The lowest BCUT2D eigenvalue weighted by Crippen LogP contribution is -2.27. The van der Waals surface area contributed by atoms with Gasteiger partial charge in [-0.2, -0.15) is 0 Å². The van der Waals surface area contributed by atoms with Crippen molar-refractivity contribution in [3.8, 4) is 0 Å². The molecule has 10 atom stereocenters. The molecule has 0 saturated heterocycles. The van der Waals surface area contributed by atoms with Crippen LogP contribution in [0.2, 0.25) is 0 Å². The standard InChI is InChI=1S/C84H160O8/c1-72(2)40-34-42-74(5)44-36-46-76(7)48-38-50-78(9)56-62-91-83(65-85)69-88-60-32-25-21-17-13-11-15-19-23-30-58-86-67-81-54-55-82(64-81)68-87-59-31-24-20-16-12-14-18-22-26-33-61-89-70-84(71-90-66-80-52-28-27-29-53-80)92-63-57-79(10)51-39-49-77(8)47-37-45-75(6)43-35-41-73(3)4/h27-29,52-53,72-79,81-85H,11-26,30-51,54-71H2,1-10H3/t74-,75-,76-,77-,78?,79?,81-,82+,83-,84+/m1/s1. The van der Waals surface area contributed by atoms with Crippen molar-refractivity contribution in [2.45, 2.75) is 364 Å². The summed E-state index contributed by atoms with van der Waals surface area (Å²) in [6.07, 6.45) is 56.4. The number of aliphatic hydroxyl groups is 1. The van der Waals surface area contributed by atoms with Gasteiger partial charge in [0.15, 0.2) is 0 Å². The van der Waals surface area contributed by atoms with Crippen LogP contribution in [0.1, 0.15) is 351 Å². The number of rotatable bonds is 71. The molecule has 0 aromatic heterocycles. The van der Waals surface area contributed by atoms with E-state index < -0.39 is 0 Å². The molecule has 0 radical (unpaired) electrons. The van der Waals surface area contributed by atoms with Crippen LogP contribution in [0, 0.1) is 59.2 Å². The van der Waals surface area contributed by atoms with Crippen molar-refractivity contribution in [2.75, 3.05) is 79.3 Å². The third kappa shape index (κ3) is 56.9. The van der Waals surface area contributed by atoms with Gasteiger partial charge in [0.05, 0.1) is 33.0 Å². The molecule has 0 bridgehead atoms. The summed E-state index contributed by atoms with van der Waals surface area (Å²) in [4.78, 5) is 0. The first-order valence-corrected chi connectivity index (χ1v) is 40.6. The Balaban J connectivity index is 1.32. The molecule has 544 valence electrons. The van der Waals surface area contributed by atoms with Crippen molar-refractivity contribution < 1.29 is 38.3 Å². The fourth-order valence-corrected chi connectivity index (χ4v) is 14.0. The van der Waals surface area contributed by atoms with Gasteiger partial charge in [0.1, 0.15) is 12.2 Å². The zero-order valence-corrected chi connectivity index (χ0v) is 63.2. The first kappa shape index (κ1) is 87.0. The Bertz CT molecular complexity index is 1630. The molecule has 0 spiro atoms. The third-order valence-electron chi connectivity index (χ3n) is 20.7. The molecule has 1 aliphatic rings. The van der Waals surface area contributed by atoms with Crippen LogP contribution in [0.4, 0.5) is 0 Å². The van der Waals surface area contributed by atoms with Crippen LogP contribution in [0.25, 0.3) is 0 Å². The fourth-order valence-electron chi connectivity index (χ4n) is 14.0. The van der Waals surface area contributed by atoms with Crippen LogP contribution in [0.3, 0.4) is 0 Å². The molecular weight excluding hydrogens is 1140 g/mol. The van der Waals surface area contributed by atoms with E-state index in [2.05, 4.69) is 99.6 Å². The molecule has 1 N–H and O–H groups in total. The smallest absolute Gasteiger partial charge is 0.104 e. The van der Waals surface area contributed by atoms with E-state index in [4.69, 9.17) is 33.2 Å². The lowest BCUT2D eigenvalue weighted by Gasteiger charge is -2.20. The topological polar surface area (TPSA) is 84.8 Å². The van der Waals surface area contributed by atoms with E-state index in [1.165, 1.54) is 256 Å². The zero-order chi connectivity index (χ0) is 66.6. The molecule has 2 unspecified atom stereocenters. The number of hydrogen-bond acceptors (Lipinski definition) is 8. The average Bonchev–Trinajstić information content (AvgIpc) is 3.96. The highest BCUT2D eigenvalue weighted by molar-refractivity contribution is 5.13. The summed E-state index contributed by atoms with van der Waals surface area (Å²) in [5, 5.41) is 9.85. The van der Waals surface area contributed by atoms with Crippen molar-refractivity contribution in [1.82, 2.24) is 0 Å². The van der Waals surface area contributed by atoms with Crippen molar-refractivity contribution in [3.05, 3.63) is 35.9 Å². The molecule has 0 heterocycles. The highest BCUT2D eigenvalue weighted by Gasteiger charge is 2.25. The molecule has 0 aliphatic heterocycles. The van der Waals surface area contributed by atoms with Crippen LogP contribution in [0.5, 0.6) is 0 Å². The Hall–Kier alpha value is -1.10. The summed E-state index contributed by atoms with van der Waals surface area (Å²) in [6.45, 7) is 33.2. The van der Waals surface area contributed by atoms with Crippen LogP contribution in [-0.4, -0.2) is 96.6 Å². The summed E-state index contributed by atoms with van der Waals surface area (Å²) >= 11 is 0. The minimum atomic E-state index is -0.193. The summed E-state index contributed by atoms with van der Waals surface area (Å²) in [5.41, 5.74) is 1.21. The Morgan fingerprint density at radius 1 is 0.315 bits per heavy atom. The molecule has 1 aliphatic carbocycles. The Morgan fingerprint density at radius 2 is 0.609 bits per heavy atom. The van der Waals surface area contributed by atoms with Gasteiger partial charge in [0, 0.05) is 52.9 Å². The molecule has 1 aromatic carbocycles. The largest absolute Gasteiger partial charge is 0.394 e. The highest BCUT2D eigenvalue weighted by Crippen LogP contribution is 2.32. The molecule has 2 rings (SSSR count). The van der Waals surface area contributed by atoms with Gasteiger partial charge < -0.3 is 38.3 Å². The van der Waals surface area contributed by atoms with Crippen LogP contribution in [0.15, 0.2) is 30.3 Å². The van der Waals surface area contributed by atoms with Crippen LogP contribution in [-0.2, 0) is 39.8 Å². The summed E-state index contributed by atoms with van der Waals surface area (Å²) in [7, 11) is 0. The number of unbranched alkanes of at least 4 members (excludes halogenated alkanes) is 18. The van der Waals surface area contributed by atoms with E-state index >= 15 is 0 Å². The van der Waals surface area contributed by atoms with E-state index in [-0.39, 0.29) is 18.8 Å². The molecule has 8 heteroatoms. The number of ether oxygens (including phenoxy) is 7. The predicted octanol–water partition coefficient (Wildman–Crippen LogP) is 24.2. The van der Waals surface area contributed by atoms with Gasteiger partial charge in [0.2, 0.25) is 0 Å². The van der Waals surface area contributed by atoms with Crippen molar-refractivity contribution in [2.24, 2.45) is 59.2 Å². The first-order valence-electron chi connectivity index (χ1n) is 40.6. The average molecular weight is 1300 g/mol. The molecular formula is C84H160O8. The van der Waals surface area contributed by atoms with Gasteiger partial charge >= 0.3 is 0 Å². The van der Waals surface area contributed by atoms with Crippen LogP contribution < -0.4 is 0 Å². The van der Waals surface area contributed by atoms with E-state index in [0.717, 1.165) is 126 Å². The summed E-state index contributed by atoms with van der Waals surface area (Å²) in [6, 6.07) is 10.5. The maximum absolute atomic E-state index is 9.85. The lowest BCUT2D eigenvalue weighted by molar-refractivity contribution is -0.0662. The minimum Gasteiger partial charge on any atom is -0.394 e. The number of hydrogen-bond donors (Lipinski definition) is 1. The molecule has 1 aromatic rings. The van der Waals surface area contributed by atoms with Gasteiger partial charge in [-0.3, -0.25) is 0 Å². The van der Waals surface area contributed by atoms with Crippen molar-refractivity contribution in [3.63, 3.8) is 0 Å². The normalized spacial score (nSPS) is 17.2. The SMILES string of the molecule is CC(C)CCC[C@@H](C)CCC[C@@H](C)CCCC(C)CCO[C@@H](COCCCCCCCCCCCCOC[C@H]1CC[C@@H](COCCCCCCCCCCCCOC[C@@H](CO)OCCC(C)CCC[C@H](C)CCC[C@H](C)CCCC(C)C)C1)COCc1ccccc1. The fraction of sp³-hybridized carbons (Fsp3) is 0.929. The van der Waals surface area contributed by atoms with Gasteiger partial charge in [-0.1, -0.05) is 318 Å². The Kier molecular flexibility index (Phi) is 59.9. The van der Waals surface area contributed by atoms with Gasteiger partial charge in [0.25, 0.3) is 0 Å². The molecule has 1 fully saturated rings. The Morgan fingerprint density at radius 3 is 0.957 bits per heavy atom. The number of aliphatic hydroxyl groups excluding tert-OH is 1. The molecule has 1 saturated carbocycles. The molecule has 8 nitrogen and oxygen atoms in total. The van der Waals surface area contributed by atoms with Gasteiger partial charge in [-0.05, 0) is 123 Å². The summed E-state index contributed by atoms with van der Waals surface area (Å²) < 4.78 is 43.1. The van der Waals surface area contributed by atoms with Gasteiger partial charge in [-0.25, -0.2) is 0 Å². The zero-order valence-electron chi connectivity index (χ0n) is 63.2. The van der Waals surface area contributed by atoms with Crippen molar-refractivity contribution in [1.29, 1.82) is 0 Å². The van der Waals surface area contributed by atoms with E-state index in [1.807, 2.05) is 0 Å². The number of benzene rings is 1. The second-order valence-corrected chi connectivity index (χ2v) is 31.7. The summed E-state index contributed by atoms with van der Waals surface area (Å²) in [5.74, 6) is 7.96. The minimum absolute atomic E-state index is 0.0135. The maximum atomic E-state index is 9.85. The highest BCUT2D eigenvalue weighted by atomic mass is 16.6. The van der Waals surface area contributed by atoms with E-state index in [0.29, 0.717) is 38.3 Å². The van der Waals surface area contributed by atoms with Crippen molar-refractivity contribution >= 4 is 0 Å². The molecule has 0 amide bonds. The van der Waals surface area contributed by atoms with E-state index in [1.54, 1.807) is 0 Å². The van der Waals surface area contributed by atoms with E-state index in [9.17, 15) is 5.11 Å². The first-order chi connectivity index (χ1) is 44.8. The Labute approximate surface area is 573 Å². The second-order valence-electron chi connectivity index (χ2n) is 31.7. The quantitative estimate of drug-likeness (QED) is 0.0646. The third-order valence-corrected chi connectivity index (χ3v) is 20.7. The van der Waals surface area contributed by atoms with Gasteiger partial charge in [-0.15, -0.1) is 0 Å². The monoisotopic (exact) mass is 1300 g/mol. The predicted molar refractivity (Wildman–Crippen MR) is 396 cm³/mol. The lowest BCUT2D eigenvalue weighted by atomic mass is 9.91. The van der Waals surface area contributed by atoms with Crippen LogP contribution >= 0.6 is 0 Å².